The number of amides is 1. The Hall–Kier alpha value is -2.06. The summed E-state index contributed by atoms with van der Waals surface area (Å²) in [5.74, 6) is -0.103. The molecule has 0 fully saturated rings. The van der Waals surface area contributed by atoms with Crippen molar-refractivity contribution in [3.63, 3.8) is 0 Å². The molecule has 0 spiro atoms. The molecule has 116 valence electrons. The zero-order valence-electron chi connectivity index (χ0n) is 12.5. The Morgan fingerprint density at radius 3 is 3.09 bits per heavy atom. The monoisotopic (exact) mass is 319 g/mol. The van der Waals surface area contributed by atoms with Crippen molar-refractivity contribution in [2.75, 3.05) is 20.6 Å². The van der Waals surface area contributed by atoms with E-state index < -0.39 is 0 Å². The second-order valence-electron chi connectivity index (χ2n) is 5.50. The van der Waals surface area contributed by atoms with Crippen LogP contribution in [0.5, 0.6) is 0 Å². The summed E-state index contributed by atoms with van der Waals surface area (Å²) in [5, 5.41) is 2.71. The normalized spacial score (nSPS) is 14.2. The predicted octanol–water partition coefficient (Wildman–Crippen LogP) is 0.486. The minimum absolute atomic E-state index is 0.103. The predicted molar refractivity (Wildman–Crippen MR) is 82.8 cm³/mol. The number of hydrogen-bond acceptors (Lipinski definition) is 6. The van der Waals surface area contributed by atoms with Crippen LogP contribution in [-0.4, -0.2) is 51.3 Å². The molecule has 7 nitrogen and oxygen atoms in total. The van der Waals surface area contributed by atoms with Gasteiger partial charge < -0.3 is 14.8 Å². The third-order valence-corrected chi connectivity index (χ3v) is 4.35. The van der Waals surface area contributed by atoms with Gasteiger partial charge >= 0.3 is 0 Å². The maximum atomic E-state index is 12.5. The van der Waals surface area contributed by atoms with Gasteiger partial charge in [-0.25, -0.2) is 9.97 Å². The lowest BCUT2D eigenvalue weighted by molar-refractivity contribution is 0.0725. The Morgan fingerprint density at radius 1 is 1.50 bits per heavy atom. The van der Waals surface area contributed by atoms with Crippen molar-refractivity contribution in [2.24, 2.45) is 0 Å². The Morgan fingerprint density at radius 2 is 2.32 bits per heavy atom. The summed E-state index contributed by atoms with van der Waals surface area (Å²) in [4.78, 5) is 39.1. The number of nitrogens with one attached hydrogen (secondary N) is 1. The van der Waals surface area contributed by atoms with Gasteiger partial charge in [0.05, 0.1) is 18.6 Å². The molecule has 2 aromatic heterocycles. The second kappa shape index (κ2) is 5.98. The third kappa shape index (κ3) is 2.93. The number of fused-ring (bicyclic) bond motifs is 1. The first-order valence-corrected chi connectivity index (χ1v) is 7.86. The summed E-state index contributed by atoms with van der Waals surface area (Å²) in [6.07, 6.45) is 1.91. The Labute approximate surface area is 131 Å². The number of thiazole rings is 1. The summed E-state index contributed by atoms with van der Waals surface area (Å²) < 4.78 is 0. The van der Waals surface area contributed by atoms with Crippen LogP contribution >= 0.6 is 11.3 Å². The first-order chi connectivity index (χ1) is 10.5. The van der Waals surface area contributed by atoms with E-state index in [0.717, 1.165) is 11.6 Å². The number of aromatic amines is 1. The molecule has 0 atom stereocenters. The number of aromatic nitrogens is 3. The molecule has 0 aliphatic carbocycles. The average molecular weight is 319 g/mol. The lowest BCUT2D eigenvalue weighted by Gasteiger charge is -2.26. The highest BCUT2D eigenvalue weighted by Crippen LogP contribution is 2.18. The Balaban J connectivity index is 1.76. The SMILES string of the molecule is CN(C)Cc1nc(C(=O)N2CCc3c(nc[nH]c3=O)C2)cs1. The Kier molecular flexibility index (Phi) is 4.04. The molecule has 0 unspecified atom stereocenters. The molecule has 1 aliphatic rings. The molecule has 3 heterocycles. The van der Waals surface area contributed by atoms with Crippen molar-refractivity contribution < 1.29 is 4.79 Å². The highest BCUT2D eigenvalue weighted by Gasteiger charge is 2.25. The highest BCUT2D eigenvalue weighted by atomic mass is 32.1. The van der Waals surface area contributed by atoms with E-state index in [1.165, 1.54) is 17.7 Å². The summed E-state index contributed by atoms with van der Waals surface area (Å²) >= 11 is 1.49. The van der Waals surface area contributed by atoms with Gasteiger partial charge in [-0.15, -0.1) is 11.3 Å². The molecule has 1 amide bonds. The van der Waals surface area contributed by atoms with Gasteiger partial charge in [0.1, 0.15) is 10.7 Å². The molecule has 0 bridgehead atoms. The number of hydrogen-bond donors (Lipinski definition) is 1. The van der Waals surface area contributed by atoms with Gasteiger partial charge in [0.15, 0.2) is 0 Å². The molecule has 0 radical (unpaired) electrons. The van der Waals surface area contributed by atoms with Crippen LogP contribution in [0, 0.1) is 0 Å². The first-order valence-electron chi connectivity index (χ1n) is 6.98. The van der Waals surface area contributed by atoms with Gasteiger partial charge in [-0.2, -0.15) is 0 Å². The molecule has 8 heteroatoms. The highest BCUT2D eigenvalue weighted by molar-refractivity contribution is 7.09. The number of nitrogens with zero attached hydrogens (tertiary/aromatic N) is 4. The fourth-order valence-corrected chi connectivity index (χ4v) is 3.34. The average Bonchev–Trinajstić information content (AvgIpc) is 2.94. The first kappa shape index (κ1) is 14.9. The van der Waals surface area contributed by atoms with Gasteiger partial charge in [0.25, 0.3) is 11.5 Å². The Bertz CT molecular complexity index is 752. The number of rotatable bonds is 3. The molecular weight excluding hydrogens is 302 g/mol. The number of carbonyl (C=O) groups is 1. The molecular formula is C14H17N5O2S. The van der Waals surface area contributed by atoms with Gasteiger partial charge in [-0.05, 0) is 20.5 Å². The fraction of sp³-hybridized carbons (Fsp3) is 0.429. The van der Waals surface area contributed by atoms with Crippen molar-refractivity contribution in [3.8, 4) is 0 Å². The summed E-state index contributed by atoms with van der Waals surface area (Å²) in [6.45, 7) is 1.59. The lowest BCUT2D eigenvalue weighted by atomic mass is 10.1. The minimum Gasteiger partial charge on any atom is -0.331 e. The van der Waals surface area contributed by atoms with E-state index in [1.807, 2.05) is 19.0 Å². The molecule has 1 N–H and O–H groups in total. The summed E-state index contributed by atoms with van der Waals surface area (Å²) in [7, 11) is 3.93. The van der Waals surface area contributed by atoms with E-state index in [2.05, 4.69) is 15.0 Å². The van der Waals surface area contributed by atoms with Gasteiger partial charge in [-0.1, -0.05) is 0 Å². The van der Waals surface area contributed by atoms with Crippen LogP contribution in [0.15, 0.2) is 16.5 Å². The van der Waals surface area contributed by atoms with Gasteiger partial charge in [0, 0.05) is 24.0 Å². The van der Waals surface area contributed by atoms with Crippen molar-refractivity contribution in [3.05, 3.63) is 44.0 Å². The minimum atomic E-state index is -0.112. The van der Waals surface area contributed by atoms with Crippen LogP contribution in [0.4, 0.5) is 0 Å². The maximum absolute atomic E-state index is 12.5. The van der Waals surface area contributed by atoms with Crippen LogP contribution in [0.1, 0.15) is 26.8 Å². The fourth-order valence-electron chi connectivity index (χ4n) is 2.45. The zero-order chi connectivity index (χ0) is 15.7. The van der Waals surface area contributed by atoms with Crippen LogP contribution in [0.2, 0.25) is 0 Å². The smallest absolute Gasteiger partial charge is 0.273 e. The number of H-pyrrole nitrogens is 1. The van der Waals surface area contributed by atoms with Crippen LogP contribution < -0.4 is 5.56 Å². The quantitative estimate of drug-likeness (QED) is 0.890. The molecule has 0 saturated heterocycles. The van der Waals surface area contributed by atoms with Crippen molar-refractivity contribution in [1.82, 2.24) is 24.8 Å². The van der Waals surface area contributed by atoms with Gasteiger partial charge in [-0.3, -0.25) is 9.59 Å². The van der Waals surface area contributed by atoms with E-state index in [-0.39, 0.29) is 11.5 Å². The second-order valence-corrected chi connectivity index (χ2v) is 6.44. The maximum Gasteiger partial charge on any atom is 0.273 e. The summed E-state index contributed by atoms with van der Waals surface area (Å²) in [5.41, 5.74) is 1.71. The van der Waals surface area contributed by atoms with E-state index in [0.29, 0.717) is 36.5 Å². The lowest BCUT2D eigenvalue weighted by Crippen LogP contribution is -2.39. The van der Waals surface area contributed by atoms with E-state index in [4.69, 9.17) is 0 Å². The van der Waals surface area contributed by atoms with Crippen LogP contribution in [0.3, 0.4) is 0 Å². The standard InChI is InChI=1S/C14H17N5O2S/c1-18(2)6-12-17-11(7-22-12)14(21)19-4-3-9-10(5-19)15-8-16-13(9)20/h7-8H,3-6H2,1-2H3,(H,15,16,20). The van der Waals surface area contributed by atoms with Crippen LogP contribution in [0.25, 0.3) is 0 Å². The largest absolute Gasteiger partial charge is 0.331 e. The van der Waals surface area contributed by atoms with Gasteiger partial charge in [0.2, 0.25) is 0 Å². The molecule has 2 aromatic rings. The molecule has 0 aromatic carbocycles. The third-order valence-electron chi connectivity index (χ3n) is 3.52. The van der Waals surface area contributed by atoms with E-state index >= 15 is 0 Å². The molecule has 0 saturated carbocycles. The van der Waals surface area contributed by atoms with E-state index in [1.54, 1.807) is 10.3 Å². The zero-order valence-corrected chi connectivity index (χ0v) is 13.3. The topological polar surface area (TPSA) is 82.2 Å². The van der Waals surface area contributed by atoms with Crippen molar-refractivity contribution in [1.29, 1.82) is 0 Å². The summed E-state index contributed by atoms with van der Waals surface area (Å²) in [6, 6.07) is 0. The van der Waals surface area contributed by atoms with E-state index in [9.17, 15) is 9.59 Å². The molecule has 1 aliphatic heterocycles. The molecule has 22 heavy (non-hydrogen) atoms. The van der Waals surface area contributed by atoms with Crippen LogP contribution in [-0.2, 0) is 19.5 Å². The van der Waals surface area contributed by atoms with Crippen molar-refractivity contribution >= 4 is 17.2 Å². The molecule has 3 rings (SSSR count). The number of carbonyl (C=O) groups excluding carboxylic acids is 1. The van der Waals surface area contributed by atoms with Crippen molar-refractivity contribution in [2.45, 2.75) is 19.5 Å².